The maximum absolute atomic E-state index is 5.65. The lowest BCUT2D eigenvalue weighted by molar-refractivity contribution is 0.549. The molecule has 0 N–H and O–H groups in total. The van der Waals surface area contributed by atoms with Crippen molar-refractivity contribution in [2.24, 2.45) is 0 Å². The zero-order valence-corrected chi connectivity index (χ0v) is 9.27. The Bertz CT molecular complexity index is 295. The Morgan fingerprint density at radius 1 is 1.77 bits per heavy atom. The minimum atomic E-state index is 0.376. The van der Waals surface area contributed by atoms with E-state index in [-0.39, 0.29) is 0 Å². The number of hydrogen-bond donors (Lipinski definition) is 0. The molecule has 0 unspecified atom stereocenters. The zero-order valence-electron chi connectivity index (χ0n) is 7.70. The number of hydrogen-bond acceptors (Lipinski definition) is 3. The van der Waals surface area contributed by atoms with Crippen LogP contribution in [-0.2, 0) is 0 Å². The molecule has 1 rings (SSSR count). The molecule has 13 heavy (non-hydrogen) atoms. The van der Waals surface area contributed by atoms with Crippen LogP contribution in [0.15, 0.2) is 23.1 Å². The molecule has 0 fully saturated rings. The van der Waals surface area contributed by atoms with Crippen molar-refractivity contribution in [2.75, 3.05) is 5.75 Å². The van der Waals surface area contributed by atoms with Crippen LogP contribution in [0.1, 0.15) is 19.9 Å². The highest BCUT2D eigenvalue weighted by molar-refractivity contribution is 7.99. The second-order valence-electron chi connectivity index (χ2n) is 2.92. The largest absolute Gasteiger partial charge is 0.306 e. The average molecular weight is 218 g/mol. The normalized spacial score (nSPS) is 10.8. The molecule has 0 aliphatic heterocycles. The maximum atomic E-state index is 5.65. The first-order valence-electron chi connectivity index (χ1n) is 3.97. The van der Waals surface area contributed by atoms with Gasteiger partial charge in [-0.3, -0.25) is 0 Å². The van der Waals surface area contributed by atoms with Gasteiger partial charge < -0.3 is 4.57 Å². The summed E-state index contributed by atoms with van der Waals surface area (Å²) in [5, 5.41) is 9.34. The van der Waals surface area contributed by atoms with Crippen molar-refractivity contribution in [3.8, 4) is 0 Å². The van der Waals surface area contributed by atoms with E-state index in [2.05, 4.69) is 30.6 Å². The lowest BCUT2D eigenvalue weighted by Crippen LogP contribution is -2.01. The molecular weight excluding hydrogens is 206 g/mol. The van der Waals surface area contributed by atoms with Crippen LogP contribution in [0.2, 0.25) is 0 Å². The molecule has 0 aromatic carbocycles. The van der Waals surface area contributed by atoms with Crippen molar-refractivity contribution in [1.82, 2.24) is 14.8 Å². The number of rotatable bonds is 4. The summed E-state index contributed by atoms with van der Waals surface area (Å²) < 4.78 is 2.00. The van der Waals surface area contributed by atoms with Crippen molar-refractivity contribution in [3.05, 3.63) is 17.9 Å². The van der Waals surface area contributed by atoms with E-state index in [1.54, 1.807) is 18.1 Å². The molecule has 0 atom stereocenters. The summed E-state index contributed by atoms with van der Waals surface area (Å²) >= 11 is 7.20. The number of halogens is 1. The quantitative estimate of drug-likeness (QED) is 0.727. The minimum absolute atomic E-state index is 0.376. The third-order valence-corrected chi connectivity index (χ3v) is 2.79. The van der Waals surface area contributed by atoms with Crippen LogP contribution < -0.4 is 0 Å². The summed E-state index contributed by atoms with van der Waals surface area (Å²) in [5.41, 5.74) is 0. The van der Waals surface area contributed by atoms with Gasteiger partial charge in [0.2, 0.25) is 0 Å². The highest BCUT2D eigenvalue weighted by Gasteiger charge is 2.07. The van der Waals surface area contributed by atoms with Gasteiger partial charge in [0.15, 0.2) is 5.16 Å². The molecule has 5 heteroatoms. The van der Waals surface area contributed by atoms with Gasteiger partial charge in [-0.2, -0.15) is 0 Å². The molecule has 0 aliphatic carbocycles. The molecule has 0 radical (unpaired) electrons. The van der Waals surface area contributed by atoms with Gasteiger partial charge in [-0.05, 0) is 13.8 Å². The van der Waals surface area contributed by atoms with Crippen molar-refractivity contribution >= 4 is 23.4 Å². The maximum Gasteiger partial charge on any atom is 0.191 e. The lowest BCUT2D eigenvalue weighted by Gasteiger charge is -2.08. The molecule has 0 amide bonds. The fourth-order valence-electron chi connectivity index (χ4n) is 0.832. The smallest absolute Gasteiger partial charge is 0.191 e. The second-order valence-corrected chi connectivity index (χ2v) is 4.40. The van der Waals surface area contributed by atoms with E-state index in [9.17, 15) is 0 Å². The second kappa shape index (κ2) is 4.67. The van der Waals surface area contributed by atoms with Crippen LogP contribution in [0.3, 0.4) is 0 Å². The Balaban J connectivity index is 2.65. The van der Waals surface area contributed by atoms with Crippen LogP contribution in [-0.4, -0.2) is 20.5 Å². The molecule has 0 saturated carbocycles. The van der Waals surface area contributed by atoms with Gasteiger partial charge >= 0.3 is 0 Å². The summed E-state index contributed by atoms with van der Waals surface area (Å²) in [5.74, 6) is 0.674. The third kappa shape index (κ3) is 3.04. The molecule has 0 saturated heterocycles. The highest BCUT2D eigenvalue weighted by Crippen LogP contribution is 2.21. The van der Waals surface area contributed by atoms with Crippen molar-refractivity contribution < 1.29 is 0 Å². The lowest BCUT2D eigenvalue weighted by atomic mass is 10.4. The topological polar surface area (TPSA) is 30.7 Å². The summed E-state index contributed by atoms with van der Waals surface area (Å²) in [4.78, 5) is 0. The van der Waals surface area contributed by atoms with E-state index in [4.69, 9.17) is 11.6 Å². The Morgan fingerprint density at radius 2 is 2.46 bits per heavy atom. The van der Waals surface area contributed by atoms with Crippen molar-refractivity contribution in [1.29, 1.82) is 0 Å². The van der Waals surface area contributed by atoms with Crippen LogP contribution in [0, 0.1) is 0 Å². The van der Waals surface area contributed by atoms with Gasteiger partial charge in [-0.1, -0.05) is 29.9 Å². The Morgan fingerprint density at radius 3 is 3.00 bits per heavy atom. The van der Waals surface area contributed by atoms with Gasteiger partial charge in [0, 0.05) is 16.8 Å². The first kappa shape index (κ1) is 10.6. The van der Waals surface area contributed by atoms with E-state index in [0.717, 1.165) is 5.16 Å². The molecular formula is C8H12ClN3S. The zero-order chi connectivity index (χ0) is 9.84. The van der Waals surface area contributed by atoms with Gasteiger partial charge in [0.1, 0.15) is 6.33 Å². The predicted molar refractivity (Wildman–Crippen MR) is 56.1 cm³/mol. The molecule has 72 valence electrons. The Hall–Kier alpha value is -0.480. The molecule has 0 aliphatic rings. The third-order valence-electron chi connectivity index (χ3n) is 1.45. The monoisotopic (exact) mass is 217 g/mol. The molecule has 1 heterocycles. The predicted octanol–water partition coefficient (Wildman–Crippen LogP) is 2.70. The SMILES string of the molecule is C=C(Cl)CSc1nncn1C(C)C. The summed E-state index contributed by atoms with van der Waals surface area (Å²) in [6, 6.07) is 0.376. The van der Waals surface area contributed by atoms with Crippen molar-refractivity contribution in [3.63, 3.8) is 0 Å². The van der Waals surface area contributed by atoms with Crippen molar-refractivity contribution in [2.45, 2.75) is 25.0 Å². The van der Waals surface area contributed by atoms with E-state index >= 15 is 0 Å². The van der Waals surface area contributed by atoms with Crippen LogP contribution >= 0.6 is 23.4 Å². The number of nitrogens with zero attached hydrogens (tertiary/aromatic N) is 3. The molecule has 1 aromatic rings. The van der Waals surface area contributed by atoms with Gasteiger partial charge in [-0.25, -0.2) is 0 Å². The minimum Gasteiger partial charge on any atom is -0.306 e. The van der Waals surface area contributed by atoms with Gasteiger partial charge in [0.05, 0.1) is 0 Å². The fraction of sp³-hybridized carbons (Fsp3) is 0.500. The average Bonchev–Trinajstić information content (AvgIpc) is 2.47. The van der Waals surface area contributed by atoms with E-state index in [1.807, 2.05) is 4.57 Å². The van der Waals surface area contributed by atoms with E-state index < -0.39 is 0 Å². The fourth-order valence-corrected chi connectivity index (χ4v) is 1.79. The summed E-state index contributed by atoms with van der Waals surface area (Å²) in [6.07, 6.45) is 1.73. The van der Waals surface area contributed by atoms with Crippen LogP contribution in [0.5, 0.6) is 0 Å². The summed E-state index contributed by atoms with van der Waals surface area (Å²) in [6.45, 7) is 7.79. The molecule has 0 spiro atoms. The van der Waals surface area contributed by atoms with Crippen LogP contribution in [0.4, 0.5) is 0 Å². The van der Waals surface area contributed by atoms with E-state index in [1.165, 1.54) is 0 Å². The summed E-state index contributed by atoms with van der Waals surface area (Å²) in [7, 11) is 0. The van der Waals surface area contributed by atoms with Gasteiger partial charge in [-0.15, -0.1) is 10.2 Å². The highest BCUT2D eigenvalue weighted by atomic mass is 35.5. The van der Waals surface area contributed by atoms with E-state index in [0.29, 0.717) is 16.8 Å². The Labute approximate surface area is 87.2 Å². The number of aromatic nitrogens is 3. The molecule has 3 nitrogen and oxygen atoms in total. The first-order valence-corrected chi connectivity index (χ1v) is 5.33. The molecule has 0 bridgehead atoms. The molecule has 1 aromatic heterocycles. The Kier molecular flexibility index (Phi) is 3.81. The van der Waals surface area contributed by atoms with Gasteiger partial charge in [0.25, 0.3) is 0 Å². The number of thioether (sulfide) groups is 1. The first-order chi connectivity index (χ1) is 6.11. The van der Waals surface area contributed by atoms with Crippen LogP contribution in [0.25, 0.3) is 0 Å². The standard InChI is InChI=1S/C8H12ClN3S/c1-6(2)12-5-10-11-8(12)13-4-7(3)9/h5-6H,3-4H2,1-2H3.